The van der Waals surface area contributed by atoms with Gasteiger partial charge in [-0.15, -0.1) is 0 Å². The lowest BCUT2D eigenvalue weighted by atomic mass is 10.2. The van der Waals surface area contributed by atoms with E-state index in [-0.39, 0.29) is 13.0 Å². The van der Waals surface area contributed by atoms with Crippen LogP contribution in [0.4, 0.5) is 0 Å². The van der Waals surface area contributed by atoms with Crippen molar-refractivity contribution in [1.82, 2.24) is 0 Å². The van der Waals surface area contributed by atoms with Crippen LogP contribution in [0.15, 0.2) is 30.3 Å². The first-order valence-corrected chi connectivity index (χ1v) is 4.26. The van der Waals surface area contributed by atoms with Crippen molar-refractivity contribution in [2.75, 3.05) is 0 Å². The third-order valence-corrected chi connectivity index (χ3v) is 1.77. The Bertz CT molecular complexity index is 244. The van der Waals surface area contributed by atoms with Crippen molar-refractivity contribution in [2.24, 2.45) is 0 Å². The number of ether oxygens (including phenoxy) is 1. The van der Waals surface area contributed by atoms with Crippen LogP contribution in [-0.2, 0) is 11.3 Å². The van der Waals surface area contributed by atoms with Crippen molar-refractivity contribution >= 4 is 0 Å². The zero-order chi connectivity index (χ0) is 9.73. The van der Waals surface area contributed by atoms with Gasteiger partial charge in [0.05, 0.1) is 6.61 Å². The molecule has 3 nitrogen and oxygen atoms in total. The van der Waals surface area contributed by atoms with Gasteiger partial charge in [-0.25, -0.2) is 0 Å². The molecule has 0 bridgehead atoms. The van der Waals surface area contributed by atoms with Gasteiger partial charge in [-0.3, -0.25) is 0 Å². The maximum Gasteiger partial charge on any atom is 0.277 e. The molecular weight excluding hydrogens is 168 g/mol. The van der Waals surface area contributed by atoms with Crippen molar-refractivity contribution < 1.29 is 14.9 Å². The zero-order valence-electron chi connectivity index (χ0n) is 7.60. The van der Waals surface area contributed by atoms with E-state index in [1.807, 2.05) is 30.3 Å². The summed E-state index contributed by atoms with van der Waals surface area (Å²) >= 11 is 0. The van der Waals surface area contributed by atoms with Crippen LogP contribution >= 0.6 is 0 Å². The Kier molecular flexibility index (Phi) is 3.42. The topological polar surface area (TPSA) is 49.7 Å². The monoisotopic (exact) mass is 182 g/mol. The van der Waals surface area contributed by atoms with Gasteiger partial charge in [-0.05, 0) is 5.56 Å². The Labute approximate surface area is 77.6 Å². The molecule has 2 N–H and O–H groups in total. The van der Waals surface area contributed by atoms with E-state index in [1.165, 1.54) is 0 Å². The molecule has 0 aliphatic heterocycles. The second-order valence-electron chi connectivity index (χ2n) is 2.87. The van der Waals surface area contributed by atoms with Crippen molar-refractivity contribution in [1.29, 1.82) is 0 Å². The smallest absolute Gasteiger partial charge is 0.277 e. The third-order valence-electron chi connectivity index (χ3n) is 1.77. The third kappa shape index (κ3) is 3.55. The maximum atomic E-state index is 9.12. The predicted molar refractivity (Wildman–Crippen MR) is 48.7 cm³/mol. The van der Waals surface area contributed by atoms with E-state index in [0.29, 0.717) is 0 Å². The summed E-state index contributed by atoms with van der Waals surface area (Å²) in [6, 6.07) is 9.38. The van der Waals surface area contributed by atoms with Crippen LogP contribution in [0.3, 0.4) is 0 Å². The highest BCUT2D eigenvalue weighted by Crippen LogP contribution is 2.10. The summed E-state index contributed by atoms with van der Waals surface area (Å²) in [4.78, 5) is 0. The zero-order valence-corrected chi connectivity index (χ0v) is 7.60. The highest BCUT2D eigenvalue weighted by molar-refractivity contribution is 5.13. The molecule has 1 rings (SSSR count). The fraction of sp³-hybridized carbons (Fsp3) is 0.400. The van der Waals surface area contributed by atoms with Crippen molar-refractivity contribution in [3.63, 3.8) is 0 Å². The van der Waals surface area contributed by atoms with E-state index in [2.05, 4.69) is 0 Å². The standard InChI is InChI=1S/C10H14O3/c1-2-10(11,12)13-8-9-6-4-3-5-7-9/h3-7,11-12H,2,8H2,1H3. The molecule has 0 amide bonds. The van der Waals surface area contributed by atoms with E-state index in [4.69, 9.17) is 14.9 Å². The quantitative estimate of drug-likeness (QED) is 0.689. The molecular formula is C10H14O3. The fourth-order valence-electron chi connectivity index (χ4n) is 0.875. The molecule has 0 atom stereocenters. The van der Waals surface area contributed by atoms with Gasteiger partial charge in [0.25, 0.3) is 5.97 Å². The molecule has 3 heteroatoms. The van der Waals surface area contributed by atoms with Gasteiger partial charge >= 0.3 is 0 Å². The van der Waals surface area contributed by atoms with Gasteiger partial charge in [0.2, 0.25) is 0 Å². The Hall–Kier alpha value is -0.900. The minimum atomic E-state index is -2.00. The molecule has 0 spiro atoms. The first kappa shape index (κ1) is 10.2. The molecule has 0 saturated carbocycles. The van der Waals surface area contributed by atoms with Gasteiger partial charge < -0.3 is 14.9 Å². The summed E-state index contributed by atoms with van der Waals surface area (Å²) in [6.45, 7) is 1.85. The van der Waals surface area contributed by atoms with E-state index < -0.39 is 5.97 Å². The average Bonchev–Trinajstić information content (AvgIpc) is 2.17. The molecule has 1 aromatic carbocycles. The lowest BCUT2D eigenvalue weighted by Crippen LogP contribution is -2.30. The van der Waals surface area contributed by atoms with E-state index in [1.54, 1.807) is 6.92 Å². The Morgan fingerprint density at radius 3 is 2.38 bits per heavy atom. The molecule has 0 heterocycles. The van der Waals surface area contributed by atoms with Crippen LogP contribution in [0.25, 0.3) is 0 Å². The van der Waals surface area contributed by atoms with Crippen LogP contribution in [0.1, 0.15) is 18.9 Å². The van der Waals surface area contributed by atoms with Gasteiger partial charge in [-0.2, -0.15) is 0 Å². The van der Waals surface area contributed by atoms with Crippen LogP contribution in [-0.4, -0.2) is 16.2 Å². The highest BCUT2D eigenvalue weighted by atomic mass is 16.8. The molecule has 1 aromatic rings. The summed E-state index contributed by atoms with van der Waals surface area (Å²) in [5.74, 6) is -2.00. The van der Waals surface area contributed by atoms with E-state index in [9.17, 15) is 0 Å². The fourth-order valence-corrected chi connectivity index (χ4v) is 0.875. The summed E-state index contributed by atoms with van der Waals surface area (Å²) < 4.78 is 4.88. The summed E-state index contributed by atoms with van der Waals surface area (Å²) in [5, 5.41) is 18.2. The van der Waals surface area contributed by atoms with Gasteiger partial charge in [0.1, 0.15) is 0 Å². The van der Waals surface area contributed by atoms with Crippen LogP contribution < -0.4 is 0 Å². The minimum absolute atomic E-state index is 0.153. The number of rotatable bonds is 4. The number of aliphatic hydroxyl groups is 2. The molecule has 0 aromatic heterocycles. The van der Waals surface area contributed by atoms with Crippen LogP contribution in [0, 0.1) is 0 Å². The highest BCUT2D eigenvalue weighted by Gasteiger charge is 2.20. The molecule has 0 saturated heterocycles. The molecule has 0 aliphatic carbocycles. The Morgan fingerprint density at radius 1 is 1.23 bits per heavy atom. The normalized spacial score (nSPS) is 11.6. The van der Waals surface area contributed by atoms with Crippen LogP contribution in [0.2, 0.25) is 0 Å². The second-order valence-corrected chi connectivity index (χ2v) is 2.87. The van der Waals surface area contributed by atoms with Crippen molar-refractivity contribution in [3.05, 3.63) is 35.9 Å². The first-order chi connectivity index (χ1) is 6.14. The predicted octanol–water partition coefficient (Wildman–Crippen LogP) is 1.25. The van der Waals surface area contributed by atoms with E-state index >= 15 is 0 Å². The van der Waals surface area contributed by atoms with Gasteiger partial charge in [-0.1, -0.05) is 37.3 Å². The van der Waals surface area contributed by atoms with Gasteiger partial charge in [0.15, 0.2) is 0 Å². The largest absolute Gasteiger partial charge is 0.343 e. The minimum Gasteiger partial charge on any atom is -0.343 e. The molecule has 0 fully saturated rings. The number of hydrogen-bond acceptors (Lipinski definition) is 3. The lowest BCUT2D eigenvalue weighted by Gasteiger charge is -2.19. The lowest BCUT2D eigenvalue weighted by molar-refractivity contribution is -0.343. The molecule has 72 valence electrons. The molecule has 0 aliphatic rings. The Balaban J connectivity index is 2.44. The van der Waals surface area contributed by atoms with E-state index in [0.717, 1.165) is 5.56 Å². The Morgan fingerprint density at radius 2 is 1.85 bits per heavy atom. The first-order valence-electron chi connectivity index (χ1n) is 4.26. The van der Waals surface area contributed by atoms with Crippen molar-refractivity contribution in [3.8, 4) is 0 Å². The van der Waals surface area contributed by atoms with Crippen LogP contribution in [0.5, 0.6) is 0 Å². The summed E-state index contributed by atoms with van der Waals surface area (Å²) in [7, 11) is 0. The SMILES string of the molecule is CCC(O)(O)OCc1ccccc1. The summed E-state index contributed by atoms with van der Waals surface area (Å²) in [6.07, 6.45) is 0.153. The molecule has 0 radical (unpaired) electrons. The molecule has 0 unspecified atom stereocenters. The van der Waals surface area contributed by atoms with Gasteiger partial charge in [0, 0.05) is 6.42 Å². The number of benzene rings is 1. The number of hydrogen-bond donors (Lipinski definition) is 2. The summed E-state index contributed by atoms with van der Waals surface area (Å²) in [5.41, 5.74) is 0.920. The average molecular weight is 182 g/mol. The maximum absolute atomic E-state index is 9.12. The molecule has 13 heavy (non-hydrogen) atoms. The second kappa shape index (κ2) is 4.37. The van der Waals surface area contributed by atoms with Crippen molar-refractivity contribution in [2.45, 2.75) is 25.9 Å².